The van der Waals surface area contributed by atoms with Gasteiger partial charge in [-0.1, -0.05) is 62.4 Å². The minimum Gasteiger partial charge on any atom is -0.289 e. The molecule has 2 aromatic carbocycles. The predicted octanol–water partition coefficient (Wildman–Crippen LogP) is 5.41. The molecule has 1 aliphatic rings. The summed E-state index contributed by atoms with van der Waals surface area (Å²) in [7, 11) is 0. The van der Waals surface area contributed by atoms with E-state index in [1.54, 1.807) is 0 Å². The number of benzene rings is 2. The Kier molecular flexibility index (Phi) is 4.24. The van der Waals surface area contributed by atoms with Crippen molar-refractivity contribution >= 4 is 11.9 Å². The summed E-state index contributed by atoms with van der Waals surface area (Å²) in [6, 6.07) is 16.6. The molecule has 0 radical (unpaired) electrons. The van der Waals surface area contributed by atoms with Gasteiger partial charge in [0.25, 0.3) is 0 Å². The Balaban J connectivity index is 1.92. The minimum absolute atomic E-state index is 0.195. The van der Waals surface area contributed by atoms with Gasteiger partial charge in [0.15, 0.2) is 5.78 Å². The number of rotatable bonds is 2. The number of hydrogen-bond acceptors (Lipinski definition) is 1. The van der Waals surface area contributed by atoms with E-state index in [1.807, 2.05) is 18.2 Å². The zero-order valence-corrected chi connectivity index (χ0v) is 13.3. The van der Waals surface area contributed by atoms with Crippen molar-refractivity contribution in [3.63, 3.8) is 0 Å². The lowest BCUT2D eigenvalue weighted by Crippen LogP contribution is -2.03. The maximum absolute atomic E-state index is 12.7. The van der Waals surface area contributed by atoms with E-state index < -0.39 is 0 Å². The van der Waals surface area contributed by atoms with Crippen molar-refractivity contribution in [1.29, 1.82) is 0 Å². The third-order valence-electron chi connectivity index (χ3n) is 4.39. The van der Waals surface area contributed by atoms with E-state index in [4.69, 9.17) is 0 Å². The monoisotopic (exact) mass is 290 g/mol. The number of hydrogen-bond donors (Lipinski definition) is 0. The summed E-state index contributed by atoms with van der Waals surface area (Å²) in [5.41, 5.74) is 5.45. The van der Waals surface area contributed by atoms with Crippen LogP contribution in [0, 0.1) is 0 Å². The molecule has 0 spiro atoms. The molecule has 0 heterocycles. The molecule has 3 rings (SSSR count). The van der Waals surface area contributed by atoms with E-state index in [0.29, 0.717) is 5.92 Å². The van der Waals surface area contributed by atoms with Crippen molar-refractivity contribution < 1.29 is 4.79 Å². The molecule has 2 aromatic rings. The minimum atomic E-state index is 0.195. The van der Waals surface area contributed by atoms with Crippen molar-refractivity contribution in [1.82, 2.24) is 0 Å². The molecule has 1 aliphatic carbocycles. The fourth-order valence-electron chi connectivity index (χ4n) is 3.03. The molecule has 0 N–H and O–H groups in total. The number of carbonyl (C=O) groups excluding carboxylic acids is 1. The van der Waals surface area contributed by atoms with E-state index in [9.17, 15) is 4.79 Å². The van der Waals surface area contributed by atoms with Crippen LogP contribution in [0.1, 0.15) is 59.7 Å². The van der Waals surface area contributed by atoms with Gasteiger partial charge in [0, 0.05) is 11.1 Å². The topological polar surface area (TPSA) is 17.1 Å². The highest BCUT2D eigenvalue weighted by atomic mass is 16.1. The Morgan fingerprint density at radius 2 is 1.68 bits per heavy atom. The normalized spacial score (nSPS) is 16.7. The maximum atomic E-state index is 12.7. The molecule has 0 amide bonds. The van der Waals surface area contributed by atoms with Gasteiger partial charge in [-0.25, -0.2) is 0 Å². The lowest BCUT2D eigenvalue weighted by molar-refractivity contribution is 0.103. The van der Waals surface area contributed by atoms with Crippen molar-refractivity contribution in [2.24, 2.45) is 0 Å². The van der Waals surface area contributed by atoms with Gasteiger partial charge in [-0.15, -0.1) is 0 Å². The Morgan fingerprint density at radius 1 is 0.955 bits per heavy atom. The van der Waals surface area contributed by atoms with Gasteiger partial charge in [0.05, 0.1) is 0 Å². The molecule has 1 heteroatoms. The number of ketones is 1. The highest BCUT2D eigenvalue weighted by Gasteiger charge is 2.19. The van der Waals surface area contributed by atoms with Crippen molar-refractivity contribution in [2.75, 3.05) is 0 Å². The third kappa shape index (κ3) is 3.04. The van der Waals surface area contributed by atoms with Crippen LogP contribution in [0.3, 0.4) is 0 Å². The highest BCUT2D eigenvalue weighted by Crippen LogP contribution is 2.26. The quantitative estimate of drug-likeness (QED) is 0.533. The van der Waals surface area contributed by atoms with Gasteiger partial charge in [-0.05, 0) is 47.9 Å². The van der Waals surface area contributed by atoms with Crippen LogP contribution < -0.4 is 0 Å². The summed E-state index contributed by atoms with van der Waals surface area (Å²) in [6.45, 7) is 4.39. The van der Waals surface area contributed by atoms with Crippen LogP contribution in [-0.2, 0) is 6.42 Å². The first kappa shape index (κ1) is 14.8. The van der Waals surface area contributed by atoms with Crippen molar-refractivity contribution in [2.45, 2.75) is 39.0 Å². The summed E-state index contributed by atoms with van der Waals surface area (Å²) in [5.74, 6) is 0.731. The molecule has 0 saturated carbocycles. The number of carbonyl (C=O) groups is 1. The van der Waals surface area contributed by atoms with Gasteiger partial charge in [-0.2, -0.15) is 0 Å². The van der Waals surface area contributed by atoms with Crippen LogP contribution >= 0.6 is 0 Å². The van der Waals surface area contributed by atoms with Crippen LogP contribution in [0.2, 0.25) is 0 Å². The lowest BCUT2D eigenvalue weighted by Gasteiger charge is -2.07. The molecule has 0 unspecified atom stereocenters. The molecular formula is C21H22O. The molecule has 0 atom stereocenters. The van der Waals surface area contributed by atoms with Crippen LogP contribution in [0.15, 0.2) is 54.1 Å². The second kappa shape index (κ2) is 6.31. The largest absolute Gasteiger partial charge is 0.289 e. The molecule has 0 aliphatic heterocycles. The number of aryl methyl sites for hydroxylation is 1. The third-order valence-corrected chi connectivity index (χ3v) is 4.39. The van der Waals surface area contributed by atoms with Crippen LogP contribution in [-0.4, -0.2) is 5.78 Å². The summed E-state index contributed by atoms with van der Waals surface area (Å²) >= 11 is 0. The first-order valence-corrected chi connectivity index (χ1v) is 8.08. The van der Waals surface area contributed by atoms with Gasteiger partial charge in [0.1, 0.15) is 0 Å². The van der Waals surface area contributed by atoms with E-state index in [-0.39, 0.29) is 5.78 Å². The van der Waals surface area contributed by atoms with E-state index in [2.05, 4.69) is 50.3 Å². The number of allylic oxidation sites excluding steroid dienone is 1. The average molecular weight is 290 g/mol. The molecule has 22 heavy (non-hydrogen) atoms. The maximum Gasteiger partial charge on any atom is 0.189 e. The Morgan fingerprint density at radius 3 is 2.41 bits per heavy atom. The molecule has 1 nitrogen and oxygen atoms in total. The van der Waals surface area contributed by atoms with E-state index in [0.717, 1.165) is 36.0 Å². The van der Waals surface area contributed by atoms with E-state index in [1.165, 1.54) is 11.1 Å². The first-order chi connectivity index (χ1) is 10.6. The van der Waals surface area contributed by atoms with Crippen LogP contribution in [0.5, 0.6) is 0 Å². The first-order valence-electron chi connectivity index (χ1n) is 8.08. The fraction of sp³-hybridized carbons (Fsp3) is 0.286. The zero-order valence-electron chi connectivity index (χ0n) is 13.3. The molecule has 112 valence electrons. The van der Waals surface area contributed by atoms with Crippen molar-refractivity contribution in [3.8, 4) is 0 Å². The van der Waals surface area contributed by atoms with Gasteiger partial charge >= 0.3 is 0 Å². The van der Waals surface area contributed by atoms with Crippen LogP contribution in [0.4, 0.5) is 0 Å². The molecule has 0 fully saturated rings. The molecule has 0 aromatic heterocycles. The smallest absolute Gasteiger partial charge is 0.189 e. The molecular weight excluding hydrogens is 268 g/mol. The summed E-state index contributed by atoms with van der Waals surface area (Å²) < 4.78 is 0. The lowest BCUT2D eigenvalue weighted by atomic mass is 9.97. The SMILES string of the molecule is CC(C)c1ccc(/C=C2/CCCc3ccccc3C2=O)cc1. The predicted molar refractivity (Wildman–Crippen MR) is 92.2 cm³/mol. The summed E-state index contributed by atoms with van der Waals surface area (Å²) in [6.07, 6.45) is 4.96. The zero-order chi connectivity index (χ0) is 15.5. The van der Waals surface area contributed by atoms with Crippen molar-refractivity contribution in [3.05, 3.63) is 76.4 Å². The number of Topliss-reactive ketones (excluding diaryl/α,β-unsaturated/α-hetero) is 1. The van der Waals surface area contributed by atoms with Gasteiger partial charge in [-0.3, -0.25) is 4.79 Å². The number of fused-ring (bicyclic) bond motifs is 1. The van der Waals surface area contributed by atoms with E-state index >= 15 is 0 Å². The Labute approximate surface area is 132 Å². The summed E-state index contributed by atoms with van der Waals surface area (Å²) in [5, 5.41) is 0. The molecule has 0 saturated heterocycles. The second-order valence-electron chi connectivity index (χ2n) is 6.33. The second-order valence-corrected chi connectivity index (χ2v) is 6.33. The van der Waals surface area contributed by atoms with Gasteiger partial charge in [0.2, 0.25) is 0 Å². The Hall–Kier alpha value is -2.15. The Bertz CT molecular complexity index is 705. The highest BCUT2D eigenvalue weighted by molar-refractivity contribution is 6.12. The van der Waals surface area contributed by atoms with Gasteiger partial charge < -0.3 is 0 Å². The average Bonchev–Trinajstić information content (AvgIpc) is 2.68. The fourth-order valence-corrected chi connectivity index (χ4v) is 3.03. The summed E-state index contributed by atoms with van der Waals surface area (Å²) in [4.78, 5) is 12.7. The molecule has 0 bridgehead atoms. The van der Waals surface area contributed by atoms with Crippen LogP contribution in [0.25, 0.3) is 6.08 Å². The standard InChI is InChI=1S/C21H22O/c1-15(2)17-12-10-16(11-13-17)14-19-8-5-7-18-6-3-4-9-20(18)21(19)22/h3-4,6,9-15H,5,7-8H2,1-2H3/b19-14-.